The zero-order valence-electron chi connectivity index (χ0n) is 14.1. The predicted molar refractivity (Wildman–Crippen MR) is 105 cm³/mol. The van der Waals surface area contributed by atoms with Crippen LogP contribution in [0, 0.1) is 0 Å². The van der Waals surface area contributed by atoms with Gasteiger partial charge in [-0.2, -0.15) is 0 Å². The van der Waals surface area contributed by atoms with Crippen LogP contribution in [-0.2, 0) is 16.6 Å². The van der Waals surface area contributed by atoms with Crippen molar-refractivity contribution in [1.29, 1.82) is 0 Å². The SMILES string of the molecule is Cl.NCC1CCCN1C(=O)c1ccc(S(=O)(=O)NCc2cccs2)cc1. The van der Waals surface area contributed by atoms with Gasteiger partial charge in [-0.25, -0.2) is 13.1 Å². The lowest BCUT2D eigenvalue weighted by atomic mass is 10.1. The Hall–Kier alpha value is -1.45. The number of nitrogens with two attached hydrogens (primary N) is 1. The van der Waals surface area contributed by atoms with E-state index in [1.807, 2.05) is 17.5 Å². The summed E-state index contributed by atoms with van der Waals surface area (Å²) in [5, 5.41) is 1.90. The Balaban J connectivity index is 0.00000243. The number of likely N-dealkylation sites (tertiary alicyclic amines) is 1. The standard InChI is InChI=1S/C17H21N3O3S2.ClH/c18-11-14-3-1-9-20(14)17(21)13-5-7-16(8-6-13)25(22,23)19-12-15-4-2-10-24-15;/h2,4-8,10,14,19H,1,3,9,11-12,18H2;1H. The molecule has 142 valence electrons. The third-order valence-electron chi connectivity index (χ3n) is 4.34. The van der Waals surface area contributed by atoms with Gasteiger partial charge in [0.15, 0.2) is 0 Å². The molecule has 3 rings (SSSR count). The molecule has 0 aliphatic carbocycles. The number of carbonyl (C=O) groups excluding carboxylic acids is 1. The molecule has 1 atom stereocenters. The van der Waals surface area contributed by atoms with Gasteiger partial charge in [-0.3, -0.25) is 4.79 Å². The van der Waals surface area contributed by atoms with Crippen LogP contribution in [0.15, 0.2) is 46.7 Å². The van der Waals surface area contributed by atoms with Crippen molar-refractivity contribution < 1.29 is 13.2 Å². The molecule has 1 aromatic carbocycles. The van der Waals surface area contributed by atoms with E-state index in [1.54, 1.807) is 17.0 Å². The Kier molecular flexibility index (Phi) is 7.19. The molecule has 1 aromatic heterocycles. The Morgan fingerprint density at radius 1 is 1.27 bits per heavy atom. The minimum atomic E-state index is -3.60. The molecule has 26 heavy (non-hydrogen) atoms. The zero-order chi connectivity index (χ0) is 17.9. The van der Waals surface area contributed by atoms with E-state index in [9.17, 15) is 13.2 Å². The van der Waals surface area contributed by atoms with Crippen molar-refractivity contribution in [2.75, 3.05) is 13.1 Å². The van der Waals surface area contributed by atoms with Gasteiger partial charge in [-0.05, 0) is 48.6 Å². The van der Waals surface area contributed by atoms with Crippen molar-refractivity contribution in [3.8, 4) is 0 Å². The molecule has 1 aliphatic heterocycles. The summed E-state index contributed by atoms with van der Waals surface area (Å²) in [5.41, 5.74) is 6.20. The van der Waals surface area contributed by atoms with Gasteiger partial charge in [0.05, 0.1) is 4.90 Å². The third kappa shape index (κ3) is 4.63. The molecule has 6 nitrogen and oxygen atoms in total. The molecule has 1 amide bonds. The second-order valence-electron chi connectivity index (χ2n) is 5.96. The Labute approximate surface area is 163 Å². The molecule has 1 aliphatic rings. The van der Waals surface area contributed by atoms with Crippen molar-refractivity contribution in [2.24, 2.45) is 5.73 Å². The van der Waals surface area contributed by atoms with Crippen LogP contribution in [0.1, 0.15) is 28.1 Å². The fourth-order valence-corrected chi connectivity index (χ4v) is 4.70. The summed E-state index contributed by atoms with van der Waals surface area (Å²) in [6.45, 7) is 1.40. The zero-order valence-corrected chi connectivity index (χ0v) is 16.6. The van der Waals surface area contributed by atoms with Crippen LogP contribution < -0.4 is 10.5 Å². The quantitative estimate of drug-likeness (QED) is 0.756. The molecule has 9 heteroatoms. The lowest BCUT2D eigenvalue weighted by Crippen LogP contribution is -2.39. The molecule has 1 unspecified atom stereocenters. The number of sulfonamides is 1. The Bertz CT molecular complexity index is 823. The summed E-state index contributed by atoms with van der Waals surface area (Å²) in [6, 6.07) is 9.89. The Morgan fingerprint density at radius 2 is 2.00 bits per heavy atom. The number of rotatable bonds is 6. The van der Waals surface area contributed by atoms with Gasteiger partial charge >= 0.3 is 0 Å². The molecule has 1 saturated heterocycles. The molecule has 3 N–H and O–H groups in total. The molecule has 0 spiro atoms. The summed E-state index contributed by atoms with van der Waals surface area (Å²) in [6.07, 6.45) is 1.87. The smallest absolute Gasteiger partial charge is 0.254 e. The first-order valence-electron chi connectivity index (χ1n) is 8.14. The molecule has 0 bridgehead atoms. The highest BCUT2D eigenvalue weighted by Gasteiger charge is 2.28. The number of hydrogen-bond donors (Lipinski definition) is 2. The lowest BCUT2D eigenvalue weighted by Gasteiger charge is -2.23. The van der Waals surface area contributed by atoms with Crippen molar-refractivity contribution in [3.05, 3.63) is 52.2 Å². The number of benzene rings is 1. The second kappa shape index (κ2) is 8.96. The fraction of sp³-hybridized carbons (Fsp3) is 0.353. The van der Waals surface area contributed by atoms with Gasteiger partial charge in [-0.15, -0.1) is 23.7 Å². The van der Waals surface area contributed by atoms with E-state index in [0.29, 0.717) is 18.7 Å². The highest BCUT2D eigenvalue weighted by Crippen LogP contribution is 2.20. The number of carbonyl (C=O) groups is 1. The highest BCUT2D eigenvalue weighted by atomic mass is 35.5. The Morgan fingerprint density at radius 3 is 2.62 bits per heavy atom. The monoisotopic (exact) mass is 415 g/mol. The van der Waals surface area contributed by atoms with Gasteiger partial charge in [-0.1, -0.05) is 6.07 Å². The summed E-state index contributed by atoms with van der Waals surface area (Å²) in [4.78, 5) is 15.4. The lowest BCUT2D eigenvalue weighted by molar-refractivity contribution is 0.0741. The summed E-state index contributed by atoms with van der Waals surface area (Å²) in [5.74, 6) is -0.0940. The van der Waals surface area contributed by atoms with Gasteiger partial charge in [0, 0.05) is 36.1 Å². The van der Waals surface area contributed by atoms with Gasteiger partial charge < -0.3 is 10.6 Å². The number of halogens is 1. The first kappa shape index (κ1) is 20.9. The average molecular weight is 416 g/mol. The van der Waals surface area contributed by atoms with Crippen LogP contribution in [0.3, 0.4) is 0 Å². The molecule has 0 radical (unpaired) electrons. The molecule has 0 saturated carbocycles. The van der Waals surface area contributed by atoms with E-state index in [0.717, 1.165) is 17.7 Å². The first-order chi connectivity index (χ1) is 12.0. The van der Waals surface area contributed by atoms with Crippen LogP contribution in [0.5, 0.6) is 0 Å². The highest BCUT2D eigenvalue weighted by molar-refractivity contribution is 7.89. The van der Waals surface area contributed by atoms with E-state index in [1.165, 1.54) is 23.5 Å². The first-order valence-corrected chi connectivity index (χ1v) is 10.5. The maximum Gasteiger partial charge on any atom is 0.254 e. The van der Waals surface area contributed by atoms with Crippen molar-refractivity contribution >= 4 is 39.7 Å². The van der Waals surface area contributed by atoms with Gasteiger partial charge in [0.25, 0.3) is 5.91 Å². The topological polar surface area (TPSA) is 92.5 Å². The van der Waals surface area contributed by atoms with E-state index in [4.69, 9.17) is 5.73 Å². The maximum atomic E-state index is 12.6. The molecular weight excluding hydrogens is 394 g/mol. The largest absolute Gasteiger partial charge is 0.334 e. The normalized spacial score (nSPS) is 17.1. The number of nitrogens with one attached hydrogen (secondary N) is 1. The molecule has 2 heterocycles. The third-order valence-corrected chi connectivity index (χ3v) is 6.63. The average Bonchev–Trinajstić information content (AvgIpc) is 3.30. The molecular formula is C17H22ClN3O3S2. The minimum Gasteiger partial charge on any atom is -0.334 e. The number of nitrogens with zero attached hydrogens (tertiary/aromatic N) is 1. The predicted octanol–water partition coefficient (Wildman–Crippen LogP) is 2.21. The number of hydrogen-bond acceptors (Lipinski definition) is 5. The van der Waals surface area contributed by atoms with E-state index < -0.39 is 10.0 Å². The molecule has 1 fully saturated rings. The maximum absolute atomic E-state index is 12.6. The van der Waals surface area contributed by atoms with E-state index in [2.05, 4.69) is 4.72 Å². The number of amides is 1. The number of thiophene rings is 1. The van der Waals surface area contributed by atoms with E-state index in [-0.39, 0.29) is 35.8 Å². The molecule has 2 aromatic rings. The minimum absolute atomic E-state index is 0. The summed E-state index contributed by atoms with van der Waals surface area (Å²) >= 11 is 1.49. The van der Waals surface area contributed by atoms with Crippen molar-refractivity contribution in [1.82, 2.24) is 9.62 Å². The van der Waals surface area contributed by atoms with Crippen LogP contribution in [-0.4, -0.2) is 38.4 Å². The van der Waals surface area contributed by atoms with Crippen LogP contribution >= 0.6 is 23.7 Å². The fourth-order valence-electron chi connectivity index (χ4n) is 2.95. The van der Waals surface area contributed by atoms with Crippen LogP contribution in [0.2, 0.25) is 0 Å². The van der Waals surface area contributed by atoms with Crippen molar-refractivity contribution in [3.63, 3.8) is 0 Å². The summed E-state index contributed by atoms with van der Waals surface area (Å²) in [7, 11) is -3.60. The summed E-state index contributed by atoms with van der Waals surface area (Å²) < 4.78 is 27.3. The van der Waals surface area contributed by atoms with Crippen molar-refractivity contribution in [2.45, 2.75) is 30.3 Å². The van der Waals surface area contributed by atoms with Crippen LogP contribution in [0.25, 0.3) is 0 Å². The van der Waals surface area contributed by atoms with Gasteiger partial charge in [0.1, 0.15) is 0 Å². The second-order valence-corrected chi connectivity index (χ2v) is 8.76. The van der Waals surface area contributed by atoms with E-state index >= 15 is 0 Å². The van der Waals surface area contributed by atoms with Gasteiger partial charge in [0.2, 0.25) is 10.0 Å². The van der Waals surface area contributed by atoms with Crippen LogP contribution in [0.4, 0.5) is 0 Å².